The minimum atomic E-state index is -2.86. The van der Waals surface area contributed by atoms with Crippen molar-refractivity contribution in [3.8, 4) is 5.75 Å². The molecule has 4 rings (SSSR count). The van der Waals surface area contributed by atoms with Gasteiger partial charge in [0.25, 0.3) is 0 Å². The number of ether oxygens (including phenoxy) is 2. The molecule has 1 spiro atoms. The van der Waals surface area contributed by atoms with E-state index in [0.717, 1.165) is 13.0 Å². The second kappa shape index (κ2) is 6.24. The molecule has 0 amide bonds. The van der Waals surface area contributed by atoms with Gasteiger partial charge in [-0.05, 0) is 37.0 Å². The van der Waals surface area contributed by atoms with Gasteiger partial charge in [0.1, 0.15) is 5.75 Å². The summed E-state index contributed by atoms with van der Waals surface area (Å²) >= 11 is 0. The second-order valence-corrected chi connectivity index (χ2v) is 7.18. The maximum atomic E-state index is 12.3. The average Bonchev–Trinajstić information content (AvgIpc) is 2.90. The lowest BCUT2D eigenvalue weighted by Crippen LogP contribution is -2.71. The van der Waals surface area contributed by atoms with Crippen LogP contribution >= 0.6 is 0 Å². The standard InChI is InChI=1S/C18H23F2NO3/c19-17(20)24-12-4-1-3-11(9-12)14(22)10-21-15-13-5-8-23-16(13)18(15)6-2-7-18/h1,3-4,9,13-17,21-22H,2,5-8,10H2. The minimum Gasteiger partial charge on any atom is -0.435 e. The fourth-order valence-electron chi connectivity index (χ4n) is 4.81. The number of aliphatic hydroxyl groups is 1. The van der Waals surface area contributed by atoms with Gasteiger partial charge in [0, 0.05) is 30.5 Å². The summed E-state index contributed by atoms with van der Waals surface area (Å²) in [6.07, 6.45) is 4.37. The van der Waals surface area contributed by atoms with Crippen molar-refractivity contribution in [1.29, 1.82) is 0 Å². The lowest BCUT2D eigenvalue weighted by Gasteiger charge is -2.63. The van der Waals surface area contributed by atoms with E-state index in [1.807, 2.05) is 0 Å². The SMILES string of the molecule is OC(CNC1C2CCOC2C12CCC2)c1cccc(OC(F)F)c1. The molecule has 2 aliphatic carbocycles. The van der Waals surface area contributed by atoms with E-state index < -0.39 is 12.7 Å². The average molecular weight is 339 g/mol. The molecule has 4 nitrogen and oxygen atoms in total. The maximum Gasteiger partial charge on any atom is 0.387 e. The first-order chi connectivity index (χ1) is 11.6. The fraction of sp³-hybridized carbons (Fsp3) is 0.667. The molecule has 0 bridgehead atoms. The first-order valence-corrected chi connectivity index (χ1v) is 8.68. The van der Waals surface area contributed by atoms with E-state index in [1.165, 1.54) is 31.4 Å². The zero-order chi connectivity index (χ0) is 16.7. The number of nitrogens with one attached hydrogen (secondary N) is 1. The number of aliphatic hydroxyl groups excluding tert-OH is 1. The van der Waals surface area contributed by atoms with Crippen LogP contribution in [0.2, 0.25) is 0 Å². The number of alkyl halides is 2. The zero-order valence-electron chi connectivity index (χ0n) is 13.5. The van der Waals surface area contributed by atoms with E-state index in [4.69, 9.17) is 4.74 Å². The third-order valence-electron chi connectivity index (χ3n) is 6.04. The molecule has 1 saturated heterocycles. The highest BCUT2D eigenvalue weighted by atomic mass is 19.3. The summed E-state index contributed by atoms with van der Waals surface area (Å²) in [5.74, 6) is 0.621. The van der Waals surface area contributed by atoms with Crippen molar-refractivity contribution in [2.24, 2.45) is 11.3 Å². The molecule has 2 N–H and O–H groups in total. The fourth-order valence-corrected chi connectivity index (χ4v) is 4.81. The topological polar surface area (TPSA) is 50.7 Å². The van der Waals surface area contributed by atoms with E-state index in [1.54, 1.807) is 12.1 Å². The number of benzene rings is 1. The van der Waals surface area contributed by atoms with Crippen LogP contribution in [0.25, 0.3) is 0 Å². The van der Waals surface area contributed by atoms with Crippen molar-refractivity contribution in [3.63, 3.8) is 0 Å². The molecule has 3 fully saturated rings. The highest BCUT2D eigenvalue weighted by Crippen LogP contribution is 2.62. The Hall–Kier alpha value is -1.24. The molecule has 4 unspecified atom stereocenters. The number of halogens is 2. The largest absolute Gasteiger partial charge is 0.435 e. The Balaban J connectivity index is 1.37. The number of fused-ring (bicyclic) bond motifs is 2. The van der Waals surface area contributed by atoms with Gasteiger partial charge >= 0.3 is 6.61 Å². The van der Waals surface area contributed by atoms with Crippen LogP contribution in [0.1, 0.15) is 37.4 Å². The molecule has 6 heteroatoms. The summed E-state index contributed by atoms with van der Waals surface area (Å²) in [5, 5.41) is 13.9. The van der Waals surface area contributed by atoms with Crippen molar-refractivity contribution in [2.75, 3.05) is 13.2 Å². The Kier molecular flexibility index (Phi) is 4.22. The summed E-state index contributed by atoms with van der Waals surface area (Å²) in [5.41, 5.74) is 0.850. The Labute approximate surface area is 140 Å². The monoisotopic (exact) mass is 339 g/mol. The van der Waals surface area contributed by atoms with Crippen molar-refractivity contribution in [2.45, 2.75) is 50.5 Å². The maximum absolute atomic E-state index is 12.3. The van der Waals surface area contributed by atoms with Crippen molar-refractivity contribution in [1.82, 2.24) is 5.32 Å². The van der Waals surface area contributed by atoms with Crippen LogP contribution in [-0.2, 0) is 4.74 Å². The highest BCUT2D eigenvalue weighted by Gasteiger charge is 2.66. The molecular weight excluding hydrogens is 316 g/mol. The number of hydrogen-bond acceptors (Lipinski definition) is 4. The zero-order valence-corrected chi connectivity index (χ0v) is 13.5. The lowest BCUT2D eigenvalue weighted by atomic mass is 9.46. The second-order valence-electron chi connectivity index (χ2n) is 7.18. The predicted molar refractivity (Wildman–Crippen MR) is 84.0 cm³/mol. The highest BCUT2D eigenvalue weighted by molar-refractivity contribution is 5.30. The molecule has 3 aliphatic rings. The van der Waals surface area contributed by atoms with Crippen molar-refractivity contribution < 1.29 is 23.4 Å². The van der Waals surface area contributed by atoms with Gasteiger partial charge < -0.3 is 19.9 Å². The first kappa shape index (κ1) is 16.2. The van der Waals surface area contributed by atoms with E-state index in [-0.39, 0.29) is 11.2 Å². The Morgan fingerprint density at radius 3 is 2.92 bits per heavy atom. The summed E-state index contributed by atoms with van der Waals surface area (Å²) in [6.45, 7) is -1.61. The Morgan fingerprint density at radius 2 is 2.21 bits per heavy atom. The smallest absolute Gasteiger partial charge is 0.387 e. The summed E-state index contributed by atoms with van der Waals surface area (Å²) in [7, 11) is 0. The van der Waals surface area contributed by atoms with Crippen LogP contribution in [-0.4, -0.2) is 37.0 Å². The number of rotatable bonds is 6. The van der Waals surface area contributed by atoms with Gasteiger partial charge in [-0.3, -0.25) is 0 Å². The van der Waals surface area contributed by atoms with E-state index >= 15 is 0 Å². The third-order valence-corrected chi connectivity index (χ3v) is 6.04. The van der Waals surface area contributed by atoms with Crippen LogP contribution in [0.4, 0.5) is 8.78 Å². The molecule has 1 aromatic carbocycles. The Bertz CT molecular complexity index is 593. The van der Waals surface area contributed by atoms with Crippen LogP contribution in [0, 0.1) is 11.3 Å². The minimum absolute atomic E-state index is 0.0740. The molecular formula is C18H23F2NO3. The lowest BCUT2D eigenvalue weighted by molar-refractivity contribution is -0.177. The molecule has 4 atom stereocenters. The summed E-state index contributed by atoms with van der Waals surface area (Å²) < 4.78 is 34.9. The predicted octanol–water partition coefficient (Wildman–Crippen LogP) is 2.87. The van der Waals surface area contributed by atoms with Gasteiger partial charge in [-0.15, -0.1) is 0 Å². The van der Waals surface area contributed by atoms with Gasteiger partial charge in [0.15, 0.2) is 0 Å². The van der Waals surface area contributed by atoms with E-state index in [2.05, 4.69) is 10.1 Å². The molecule has 1 aromatic rings. The first-order valence-electron chi connectivity index (χ1n) is 8.68. The van der Waals surface area contributed by atoms with Crippen LogP contribution in [0.3, 0.4) is 0 Å². The molecule has 0 aromatic heterocycles. The van der Waals surface area contributed by atoms with Crippen LogP contribution in [0.5, 0.6) is 5.75 Å². The Morgan fingerprint density at radius 1 is 1.38 bits per heavy atom. The van der Waals surface area contributed by atoms with Crippen LogP contribution in [0.15, 0.2) is 24.3 Å². The third kappa shape index (κ3) is 2.61. The van der Waals surface area contributed by atoms with Crippen molar-refractivity contribution >= 4 is 0 Å². The van der Waals surface area contributed by atoms with Crippen LogP contribution < -0.4 is 10.1 Å². The van der Waals surface area contributed by atoms with Crippen molar-refractivity contribution in [3.05, 3.63) is 29.8 Å². The summed E-state index contributed by atoms with van der Waals surface area (Å²) in [4.78, 5) is 0. The normalized spacial score (nSPS) is 31.4. The molecule has 2 saturated carbocycles. The van der Waals surface area contributed by atoms with Gasteiger partial charge in [0.05, 0.1) is 12.2 Å². The van der Waals surface area contributed by atoms with Gasteiger partial charge in [0.2, 0.25) is 0 Å². The van der Waals surface area contributed by atoms with Gasteiger partial charge in [-0.25, -0.2) is 0 Å². The molecule has 0 radical (unpaired) electrons. The van der Waals surface area contributed by atoms with E-state index in [0.29, 0.717) is 30.2 Å². The van der Waals surface area contributed by atoms with Gasteiger partial charge in [-0.1, -0.05) is 18.6 Å². The quantitative estimate of drug-likeness (QED) is 0.837. The molecule has 132 valence electrons. The number of hydrogen-bond donors (Lipinski definition) is 2. The molecule has 1 aliphatic heterocycles. The van der Waals surface area contributed by atoms with E-state index in [9.17, 15) is 13.9 Å². The van der Waals surface area contributed by atoms with Gasteiger partial charge in [-0.2, -0.15) is 8.78 Å². The molecule has 1 heterocycles. The molecule has 24 heavy (non-hydrogen) atoms. The summed E-state index contributed by atoms with van der Waals surface area (Å²) in [6, 6.07) is 6.68.